The summed E-state index contributed by atoms with van der Waals surface area (Å²) in [5, 5.41) is 17.6. The first kappa shape index (κ1) is 25.5. The molecule has 4 rings (SSSR count). The average Bonchev–Trinajstić information content (AvgIpc) is 3.52. The molecule has 34 heavy (non-hydrogen) atoms. The van der Waals surface area contributed by atoms with Crippen LogP contribution in [0.2, 0.25) is 0 Å². The topological polar surface area (TPSA) is 70.6 Å². The van der Waals surface area contributed by atoms with Gasteiger partial charge in [-0.05, 0) is 87.5 Å². The van der Waals surface area contributed by atoms with E-state index in [-0.39, 0.29) is 24.4 Å². The number of hydrogen-bond donors (Lipinski definition) is 3. The average molecular weight is 483 g/mol. The van der Waals surface area contributed by atoms with Crippen molar-refractivity contribution >= 4 is 5.91 Å². The maximum absolute atomic E-state index is 13.5. The predicted octanol–water partition coefficient (Wildman–Crippen LogP) is 4.52. The number of carbonyl (C=O) groups is 1. The van der Waals surface area contributed by atoms with Crippen molar-refractivity contribution in [2.24, 2.45) is 11.3 Å². The van der Waals surface area contributed by atoms with Gasteiger partial charge in [-0.2, -0.15) is 13.2 Å². The highest BCUT2D eigenvalue weighted by Crippen LogP contribution is 2.47. The Morgan fingerprint density at radius 2 is 1.91 bits per heavy atom. The fourth-order valence-corrected chi connectivity index (χ4v) is 5.65. The molecule has 0 bridgehead atoms. The molecule has 190 valence electrons. The largest absolute Gasteiger partial charge is 0.416 e. The molecule has 4 atom stereocenters. The zero-order valence-corrected chi connectivity index (χ0v) is 20.3. The van der Waals surface area contributed by atoms with Gasteiger partial charge < -0.3 is 20.5 Å². The monoisotopic (exact) mass is 482 g/mol. The molecule has 1 aromatic carbocycles. The van der Waals surface area contributed by atoms with Gasteiger partial charge in [-0.15, -0.1) is 0 Å². The van der Waals surface area contributed by atoms with Crippen LogP contribution in [-0.4, -0.2) is 41.9 Å². The summed E-state index contributed by atoms with van der Waals surface area (Å²) < 4.78 is 45.8. The number of amides is 1. The number of ether oxygens (including phenoxy) is 1. The Hall–Kier alpha value is -1.64. The van der Waals surface area contributed by atoms with Crippen molar-refractivity contribution in [2.45, 2.75) is 95.6 Å². The van der Waals surface area contributed by atoms with Crippen LogP contribution in [0.3, 0.4) is 0 Å². The highest BCUT2D eigenvalue weighted by Gasteiger charge is 2.54. The van der Waals surface area contributed by atoms with E-state index in [2.05, 4.69) is 17.6 Å². The van der Waals surface area contributed by atoms with E-state index in [9.17, 15) is 23.1 Å². The molecule has 5 nitrogen and oxygen atoms in total. The molecule has 8 heteroatoms. The van der Waals surface area contributed by atoms with Crippen LogP contribution in [0.5, 0.6) is 0 Å². The van der Waals surface area contributed by atoms with Gasteiger partial charge in [0, 0.05) is 25.2 Å². The Kier molecular flexibility index (Phi) is 7.06. The molecule has 1 aromatic rings. The third kappa shape index (κ3) is 5.44. The van der Waals surface area contributed by atoms with Crippen LogP contribution in [0.4, 0.5) is 13.2 Å². The zero-order chi connectivity index (χ0) is 24.7. The summed E-state index contributed by atoms with van der Waals surface area (Å²) in [5.41, 5.74) is -1.80. The van der Waals surface area contributed by atoms with Gasteiger partial charge >= 0.3 is 6.18 Å². The van der Waals surface area contributed by atoms with Gasteiger partial charge in [0.2, 0.25) is 5.91 Å². The molecule has 3 aliphatic rings. The van der Waals surface area contributed by atoms with Crippen LogP contribution in [0.1, 0.15) is 81.9 Å². The second-order valence-corrected chi connectivity index (χ2v) is 11.1. The van der Waals surface area contributed by atoms with Crippen LogP contribution in [-0.2, 0) is 22.3 Å². The first-order valence-corrected chi connectivity index (χ1v) is 12.4. The molecule has 1 saturated heterocycles. The van der Waals surface area contributed by atoms with Gasteiger partial charge in [-0.3, -0.25) is 4.79 Å². The van der Waals surface area contributed by atoms with E-state index < -0.39 is 22.8 Å². The number of carbonyl (C=O) groups excluding carboxylic acids is 1. The van der Waals surface area contributed by atoms with E-state index in [0.717, 1.165) is 31.7 Å². The van der Waals surface area contributed by atoms with Crippen LogP contribution in [0.15, 0.2) is 18.2 Å². The molecule has 1 aliphatic heterocycles. The zero-order valence-electron chi connectivity index (χ0n) is 20.3. The number of benzene rings is 1. The third-order valence-corrected chi connectivity index (χ3v) is 8.06. The maximum Gasteiger partial charge on any atom is 0.416 e. The lowest BCUT2D eigenvalue weighted by Gasteiger charge is -2.40. The second kappa shape index (κ2) is 9.43. The van der Waals surface area contributed by atoms with E-state index in [1.807, 2.05) is 0 Å². The number of halogens is 3. The van der Waals surface area contributed by atoms with Gasteiger partial charge in [0.05, 0.1) is 23.2 Å². The van der Waals surface area contributed by atoms with Gasteiger partial charge in [-0.25, -0.2) is 0 Å². The van der Waals surface area contributed by atoms with Gasteiger partial charge in [0.15, 0.2) is 0 Å². The van der Waals surface area contributed by atoms with Crippen molar-refractivity contribution < 1.29 is 27.8 Å². The van der Waals surface area contributed by atoms with Crippen LogP contribution in [0.25, 0.3) is 0 Å². The van der Waals surface area contributed by atoms with Crippen molar-refractivity contribution in [3.05, 3.63) is 34.9 Å². The summed E-state index contributed by atoms with van der Waals surface area (Å²) in [6.45, 7) is 6.89. The normalized spacial score (nSPS) is 30.4. The first-order valence-electron chi connectivity index (χ1n) is 12.4. The van der Waals surface area contributed by atoms with E-state index in [0.29, 0.717) is 49.1 Å². The molecule has 3 fully saturated rings. The smallest absolute Gasteiger partial charge is 0.389 e. The summed E-state index contributed by atoms with van der Waals surface area (Å²) in [6.07, 6.45) is 0.0542. The minimum absolute atomic E-state index is 0.00932. The van der Waals surface area contributed by atoms with Crippen LogP contribution in [0, 0.1) is 11.3 Å². The second-order valence-electron chi connectivity index (χ2n) is 11.1. The van der Waals surface area contributed by atoms with Gasteiger partial charge in [0.25, 0.3) is 0 Å². The van der Waals surface area contributed by atoms with Crippen LogP contribution >= 0.6 is 0 Å². The third-order valence-electron chi connectivity index (χ3n) is 8.06. The molecule has 1 amide bonds. The van der Waals surface area contributed by atoms with Crippen molar-refractivity contribution in [1.29, 1.82) is 0 Å². The van der Waals surface area contributed by atoms with E-state index in [1.165, 1.54) is 6.07 Å². The molecule has 2 saturated carbocycles. The Morgan fingerprint density at radius 3 is 2.53 bits per heavy atom. The molecule has 0 aromatic heterocycles. The molecule has 0 radical (unpaired) electrons. The lowest BCUT2D eigenvalue weighted by molar-refractivity contribution is -0.146. The van der Waals surface area contributed by atoms with Gasteiger partial charge in [0.1, 0.15) is 0 Å². The summed E-state index contributed by atoms with van der Waals surface area (Å²) in [5.74, 6) is 0.254. The number of hydrogen-bond acceptors (Lipinski definition) is 4. The van der Waals surface area contributed by atoms with Crippen molar-refractivity contribution in [3.63, 3.8) is 0 Å². The van der Waals surface area contributed by atoms with E-state index in [4.69, 9.17) is 4.74 Å². The minimum atomic E-state index is -4.43. The van der Waals surface area contributed by atoms with Crippen molar-refractivity contribution in [1.82, 2.24) is 10.6 Å². The molecule has 2 unspecified atom stereocenters. The van der Waals surface area contributed by atoms with E-state index >= 15 is 0 Å². The standard InChI is InChI=1S/C26H37F3N2O3/c1-16-15-34-9-7-22(16)31-21-6-8-25(13-21,24(2,3)33)23(32)30-14-17-10-19(18-4-5-18)12-20(11-17)26(27,28)29/h10-12,16,18,21-22,31,33H,4-9,13-15H2,1-3H3,(H,30,32)/t16?,21-,22?,25-/m1/s1. The summed E-state index contributed by atoms with van der Waals surface area (Å²) in [6, 6.07) is 4.53. The number of alkyl halides is 3. The van der Waals surface area contributed by atoms with E-state index in [1.54, 1.807) is 19.9 Å². The Labute approximate surface area is 199 Å². The number of rotatable bonds is 7. The summed E-state index contributed by atoms with van der Waals surface area (Å²) >= 11 is 0. The summed E-state index contributed by atoms with van der Waals surface area (Å²) in [7, 11) is 0. The molecule has 2 aliphatic carbocycles. The quantitative estimate of drug-likeness (QED) is 0.534. The highest BCUT2D eigenvalue weighted by molar-refractivity contribution is 5.84. The molecule has 3 N–H and O–H groups in total. The number of aliphatic hydroxyl groups is 1. The molecule has 0 spiro atoms. The lowest BCUT2D eigenvalue weighted by atomic mass is 9.71. The fraction of sp³-hybridized carbons (Fsp3) is 0.731. The predicted molar refractivity (Wildman–Crippen MR) is 123 cm³/mol. The maximum atomic E-state index is 13.5. The molecular formula is C26H37F3N2O3. The fourth-order valence-electron chi connectivity index (χ4n) is 5.65. The van der Waals surface area contributed by atoms with Crippen molar-refractivity contribution in [3.8, 4) is 0 Å². The Balaban J connectivity index is 1.46. The first-order chi connectivity index (χ1) is 15.9. The molecule has 1 heterocycles. The minimum Gasteiger partial charge on any atom is -0.389 e. The summed E-state index contributed by atoms with van der Waals surface area (Å²) in [4.78, 5) is 13.5. The Bertz CT molecular complexity index is 894. The SMILES string of the molecule is CC1COCCC1N[C@@H]1CC[C@@](C(=O)NCc2cc(C3CC3)cc(C(F)(F)F)c2)(C(C)(C)O)C1. The van der Waals surface area contributed by atoms with Crippen LogP contribution < -0.4 is 10.6 Å². The number of nitrogens with one attached hydrogen (secondary N) is 2. The molecular weight excluding hydrogens is 445 g/mol. The highest BCUT2D eigenvalue weighted by atomic mass is 19.4. The lowest BCUT2D eigenvalue weighted by Crippen LogP contribution is -2.54. The van der Waals surface area contributed by atoms with Crippen molar-refractivity contribution in [2.75, 3.05) is 13.2 Å². The Morgan fingerprint density at radius 1 is 1.18 bits per heavy atom. The van der Waals surface area contributed by atoms with Gasteiger partial charge in [-0.1, -0.05) is 13.0 Å².